The van der Waals surface area contributed by atoms with Gasteiger partial charge in [-0.1, -0.05) is 13.8 Å². The number of rotatable bonds is 5. The van der Waals surface area contributed by atoms with E-state index in [1.807, 2.05) is 20.8 Å². The first-order valence-corrected chi connectivity index (χ1v) is 6.82. The fraction of sp³-hybridized carbons (Fsp3) is 0.857. The lowest BCUT2D eigenvalue weighted by Crippen LogP contribution is -2.51. The summed E-state index contributed by atoms with van der Waals surface area (Å²) in [6.07, 6.45) is 1.55. The Bertz CT molecular complexity index is 347. The van der Waals surface area contributed by atoms with Gasteiger partial charge in [0, 0.05) is 25.2 Å². The van der Waals surface area contributed by atoms with Crippen LogP contribution in [0.2, 0.25) is 0 Å². The SMILES string of the molecule is CC(C)C(C)(CC(=O)NC1(C)CCOCC1)C(=O)O. The van der Waals surface area contributed by atoms with Crippen LogP contribution in [-0.4, -0.2) is 35.7 Å². The molecule has 1 amide bonds. The van der Waals surface area contributed by atoms with Gasteiger partial charge in [0.1, 0.15) is 0 Å². The summed E-state index contributed by atoms with van der Waals surface area (Å²) in [5, 5.41) is 12.3. The molecule has 2 N–H and O–H groups in total. The highest BCUT2D eigenvalue weighted by molar-refractivity contribution is 5.85. The lowest BCUT2D eigenvalue weighted by molar-refractivity contribution is -0.154. The van der Waals surface area contributed by atoms with Crippen molar-refractivity contribution in [2.24, 2.45) is 11.3 Å². The average molecular weight is 271 g/mol. The van der Waals surface area contributed by atoms with E-state index in [1.165, 1.54) is 0 Å². The molecule has 0 aromatic carbocycles. The minimum Gasteiger partial charge on any atom is -0.481 e. The standard InChI is InChI=1S/C14H25NO4/c1-10(2)14(4,12(17)18)9-11(16)15-13(3)5-7-19-8-6-13/h10H,5-9H2,1-4H3,(H,15,16)(H,17,18). The highest BCUT2D eigenvalue weighted by atomic mass is 16.5. The van der Waals surface area contributed by atoms with Crippen LogP contribution in [0.1, 0.15) is 47.0 Å². The zero-order chi connectivity index (χ0) is 14.7. The Balaban J connectivity index is 2.65. The van der Waals surface area contributed by atoms with Crippen molar-refractivity contribution in [3.63, 3.8) is 0 Å². The Kier molecular flexibility index (Phi) is 4.96. The quantitative estimate of drug-likeness (QED) is 0.799. The number of carboxylic acid groups (broad SMARTS) is 1. The fourth-order valence-electron chi connectivity index (χ4n) is 2.19. The Morgan fingerprint density at radius 1 is 1.37 bits per heavy atom. The highest BCUT2D eigenvalue weighted by Gasteiger charge is 2.40. The van der Waals surface area contributed by atoms with Crippen molar-refractivity contribution in [1.29, 1.82) is 0 Å². The van der Waals surface area contributed by atoms with Crippen LogP contribution in [0.25, 0.3) is 0 Å². The van der Waals surface area contributed by atoms with Crippen LogP contribution in [0, 0.1) is 11.3 Å². The predicted octanol–water partition coefficient (Wildman–Crippen LogP) is 1.81. The molecule has 0 spiro atoms. The van der Waals surface area contributed by atoms with Gasteiger partial charge < -0.3 is 15.2 Å². The summed E-state index contributed by atoms with van der Waals surface area (Å²) < 4.78 is 5.28. The molecule has 1 atom stereocenters. The smallest absolute Gasteiger partial charge is 0.310 e. The zero-order valence-corrected chi connectivity index (χ0v) is 12.3. The summed E-state index contributed by atoms with van der Waals surface area (Å²) in [5.41, 5.74) is -1.29. The molecule has 1 aliphatic rings. The minimum atomic E-state index is -1.02. The summed E-state index contributed by atoms with van der Waals surface area (Å²) in [4.78, 5) is 23.5. The Morgan fingerprint density at radius 3 is 2.32 bits per heavy atom. The highest BCUT2D eigenvalue weighted by Crippen LogP contribution is 2.32. The van der Waals surface area contributed by atoms with E-state index in [9.17, 15) is 14.7 Å². The monoisotopic (exact) mass is 271 g/mol. The van der Waals surface area contributed by atoms with Crippen LogP contribution in [0.3, 0.4) is 0 Å². The summed E-state index contributed by atoms with van der Waals surface area (Å²) in [7, 11) is 0. The molecular weight excluding hydrogens is 246 g/mol. The van der Waals surface area contributed by atoms with E-state index >= 15 is 0 Å². The molecule has 0 aromatic heterocycles. The van der Waals surface area contributed by atoms with Crippen molar-refractivity contribution in [3.05, 3.63) is 0 Å². The zero-order valence-electron chi connectivity index (χ0n) is 12.3. The van der Waals surface area contributed by atoms with E-state index in [0.717, 1.165) is 12.8 Å². The van der Waals surface area contributed by atoms with Crippen LogP contribution >= 0.6 is 0 Å². The first-order valence-electron chi connectivity index (χ1n) is 6.82. The number of carbonyl (C=O) groups is 2. The van der Waals surface area contributed by atoms with Crippen LogP contribution in [0.15, 0.2) is 0 Å². The molecule has 19 heavy (non-hydrogen) atoms. The number of hydrogen-bond donors (Lipinski definition) is 2. The van der Waals surface area contributed by atoms with Crippen molar-refractivity contribution in [1.82, 2.24) is 5.32 Å². The summed E-state index contributed by atoms with van der Waals surface area (Å²) in [5.74, 6) is -1.21. The summed E-state index contributed by atoms with van der Waals surface area (Å²) in [6.45, 7) is 8.55. The maximum atomic E-state index is 12.1. The van der Waals surface area contributed by atoms with E-state index in [-0.39, 0.29) is 23.8 Å². The van der Waals surface area contributed by atoms with Gasteiger partial charge in [0.15, 0.2) is 0 Å². The van der Waals surface area contributed by atoms with Crippen molar-refractivity contribution in [2.75, 3.05) is 13.2 Å². The van der Waals surface area contributed by atoms with Crippen LogP contribution in [-0.2, 0) is 14.3 Å². The maximum Gasteiger partial charge on any atom is 0.310 e. The molecule has 5 nitrogen and oxygen atoms in total. The molecule has 1 heterocycles. The molecule has 0 bridgehead atoms. The van der Waals surface area contributed by atoms with Gasteiger partial charge in [0.05, 0.1) is 5.41 Å². The van der Waals surface area contributed by atoms with E-state index in [0.29, 0.717) is 13.2 Å². The lowest BCUT2D eigenvalue weighted by atomic mass is 9.76. The van der Waals surface area contributed by atoms with Gasteiger partial charge in [0.25, 0.3) is 0 Å². The van der Waals surface area contributed by atoms with Crippen LogP contribution in [0.5, 0.6) is 0 Å². The predicted molar refractivity (Wildman–Crippen MR) is 71.8 cm³/mol. The molecule has 110 valence electrons. The van der Waals surface area contributed by atoms with E-state index in [4.69, 9.17) is 4.74 Å². The second-order valence-corrected chi connectivity index (χ2v) is 6.28. The van der Waals surface area contributed by atoms with Gasteiger partial charge in [-0.3, -0.25) is 9.59 Å². The average Bonchev–Trinajstić information content (AvgIpc) is 2.28. The Morgan fingerprint density at radius 2 is 1.89 bits per heavy atom. The third-order valence-corrected chi connectivity index (χ3v) is 4.33. The maximum absolute atomic E-state index is 12.1. The summed E-state index contributed by atoms with van der Waals surface area (Å²) >= 11 is 0. The second-order valence-electron chi connectivity index (χ2n) is 6.28. The van der Waals surface area contributed by atoms with Gasteiger partial charge in [0.2, 0.25) is 5.91 Å². The molecule has 1 fully saturated rings. The van der Waals surface area contributed by atoms with E-state index in [2.05, 4.69) is 5.32 Å². The number of hydrogen-bond acceptors (Lipinski definition) is 3. The second kappa shape index (κ2) is 5.90. The van der Waals surface area contributed by atoms with Gasteiger partial charge in [-0.2, -0.15) is 0 Å². The molecule has 0 radical (unpaired) electrons. The third-order valence-electron chi connectivity index (χ3n) is 4.33. The number of ether oxygens (including phenoxy) is 1. The lowest BCUT2D eigenvalue weighted by Gasteiger charge is -2.36. The Labute approximate surface area is 114 Å². The fourth-order valence-corrected chi connectivity index (χ4v) is 2.19. The van der Waals surface area contributed by atoms with Gasteiger partial charge >= 0.3 is 5.97 Å². The molecule has 0 saturated carbocycles. The molecule has 5 heteroatoms. The number of carbonyl (C=O) groups excluding carboxylic acids is 1. The van der Waals surface area contributed by atoms with Crippen LogP contribution < -0.4 is 5.32 Å². The first kappa shape index (κ1) is 16.0. The largest absolute Gasteiger partial charge is 0.481 e. The molecule has 1 aliphatic heterocycles. The number of aliphatic carboxylic acids is 1. The molecule has 1 saturated heterocycles. The van der Waals surface area contributed by atoms with Crippen molar-refractivity contribution < 1.29 is 19.4 Å². The first-order chi connectivity index (χ1) is 8.69. The number of carboxylic acids is 1. The van der Waals surface area contributed by atoms with Gasteiger partial charge in [-0.15, -0.1) is 0 Å². The molecule has 0 aliphatic carbocycles. The number of amides is 1. The van der Waals surface area contributed by atoms with Crippen LogP contribution in [0.4, 0.5) is 0 Å². The normalized spacial score (nSPS) is 21.7. The van der Waals surface area contributed by atoms with Gasteiger partial charge in [-0.25, -0.2) is 0 Å². The van der Waals surface area contributed by atoms with E-state index in [1.54, 1.807) is 6.92 Å². The van der Waals surface area contributed by atoms with Gasteiger partial charge in [-0.05, 0) is 32.6 Å². The molecule has 1 unspecified atom stereocenters. The molecule has 0 aromatic rings. The molecular formula is C14H25NO4. The number of nitrogens with one attached hydrogen (secondary N) is 1. The third kappa shape index (κ3) is 3.93. The minimum absolute atomic E-state index is 0.0104. The summed E-state index contributed by atoms with van der Waals surface area (Å²) in [6, 6.07) is 0. The molecule has 1 rings (SSSR count). The van der Waals surface area contributed by atoms with Crippen molar-refractivity contribution in [2.45, 2.75) is 52.5 Å². The Hall–Kier alpha value is -1.10. The van der Waals surface area contributed by atoms with Crippen molar-refractivity contribution in [3.8, 4) is 0 Å². The van der Waals surface area contributed by atoms with Crippen molar-refractivity contribution >= 4 is 11.9 Å². The topological polar surface area (TPSA) is 75.6 Å². The van der Waals surface area contributed by atoms with E-state index < -0.39 is 11.4 Å².